The van der Waals surface area contributed by atoms with Gasteiger partial charge in [-0.15, -0.1) is 0 Å². The standard InChI is InChI=1S/C20H20FN3O3/c1-12-8-9-14(10-13(12)2)22-17(25)11-24-18(26)20(3,23-19(24)27)15-6-4-5-7-16(15)21/h4-10H,11H2,1-3H3,(H,22,25)(H,23,27). The summed E-state index contributed by atoms with van der Waals surface area (Å²) in [6.07, 6.45) is 0. The molecule has 7 heteroatoms. The number of anilines is 1. The quantitative estimate of drug-likeness (QED) is 0.814. The molecule has 0 bridgehead atoms. The molecule has 27 heavy (non-hydrogen) atoms. The molecule has 2 N–H and O–H groups in total. The van der Waals surface area contributed by atoms with E-state index in [0.29, 0.717) is 5.69 Å². The van der Waals surface area contributed by atoms with Crippen molar-refractivity contribution in [2.75, 3.05) is 11.9 Å². The molecule has 6 nitrogen and oxygen atoms in total. The van der Waals surface area contributed by atoms with E-state index in [1.165, 1.54) is 25.1 Å². The van der Waals surface area contributed by atoms with Crippen molar-refractivity contribution >= 4 is 23.5 Å². The average Bonchev–Trinajstić information content (AvgIpc) is 2.82. The maximum atomic E-state index is 14.1. The van der Waals surface area contributed by atoms with E-state index in [0.717, 1.165) is 16.0 Å². The Morgan fingerprint density at radius 2 is 1.85 bits per heavy atom. The minimum Gasteiger partial charge on any atom is -0.325 e. The number of rotatable bonds is 4. The lowest BCUT2D eigenvalue weighted by molar-refractivity contribution is -0.133. The number of carbonyl (C=O) groups is 3. The minimum absolute atomic E-state index is 0.0559. The predicted molar refractivity (Wildman–Crippen MR) is 98.5 cm³/mol. The van der Waals surface area contributed by atoms with Crippen molar-refractivity contribution in [2.45, 2.75) is 26.3 Å². The summed E-state index contributed by atoms with van der Waals surface area (Å²) in [6, 6.07) is 10.4. The summed E-state index contributed by atoms with van der Waals surface area (Å²) < 4.78 is 14.1. The van der Waals surface area contributed by atoms with Crippen molar-refractivity contribution in [1.82, 2.24) is 10.2 Å². The van der Waals surface area contributed by atoms with Gasteiger partial charge in [0.05, 0.1) is 0 Å². The first-order valence-corrected chi connectivity index (χ1v) is 8.48. The summed E-state index contributed by atoms with van der Waals surface area (Å²) in [5.74, 6) is -1.79. The first kappa shape index (κ1) is 18.6. The van der Waals surface area contributed by atoms with Crippen molar-refractivity contribution in [3.05, 3.63) is 65.0 Å². The van der Waals surface area contributed by atoms with Crippen LogP contribution in [0.15, 0.2) is 42.5 Å². The number of nitrogens with one attached hydrogen (secondary N) is 2. The van der Waals surface area contributed by atoms with Crippen molar-refractivity contribution in [1.29, 1.82) is 0 Å². The fraction of sp³-hybridized carbons (Fsp3) is 0.250. The van der Waals surface area contributed by atoms with E-state index in [4.69, 9.17) is 0 Å². The van der Waals surface area contributed by atoms with Gasteiger partial charge in [-0.25, -0.2) is 9.18 Å². The highest BCUT2D eigenvalue weighted by Crippen LogP contribution is 2.30. The van der Waals surface area contributed by atoms with Gasteiger partial charge < -0.3 is 10.6 Å². The Morgan fingerprint density at radius 3 is 2.52 bits per heavy atom. The van der Waals surface area contributed by atoms with E-state index < -0.39 is 35.7 Å². The molecular formula is C20H20FN3O3. The Labute approximate surface area is 156 Å². The van der Waals surface area contributed by atoms with Crippen molar-refractivity contribution < 1.29 is 18.8 Å². The van der Waals surface area contributed by atoms with Gasteiger partial charge in [0.2, 0.25) is 5.91 Å². The molecule has 0 aliphatic carbocycles. The summed E-state index contributed by atoms with van der Waals surface area (Å²) in [7, 11) is 0. The van der Waals surface area contributed by atoms with Gasteiger partial charge >= 0.3 is 6.03 Å². The maximum absolute atomic E-state index is 14.1. The van der Waals surface area contributed by atoms with Crippen LogP contribution in [0, 0.1) is 19.7 Å². The summed E-state index contributed by atoms with van der Waals surface area (Å²) in [4.78, 5) is 38.1. The Bertz CT molecular complexity index is 944. The predicted octanol–water partition coefficient (Wildman–Crippen LogP) is 2.85. The van der Waals surface area contributed by atoms with Crippen LogP contribution in [0.2, 0.25) is 0 Å². The number of hydrogen-bond donors (Lipinski definition) is 2. The van der Waals surface area contributed by atoms with E-state index in [9.17, 15) is 18.8 Å². The largest absolute Gasteiger partial charge is 0.325 e. The summed E-state index contributed by atoms with van der Waals surface area (Å²) >= 11 is 0. The molecule has 1 fully saturated rings. The molecule has 1 aliphatic rings. The van der Waals surface area contributed by atoms with Crippen LogP contribution in [-0.2, 0) is 15.1 Å². The highest BCUT2D eigenvalue weighted by Gasteiger charge is 2.50. The van der Waals surface area contributed by atoms with E-state index in [-0.39, 0.29) is 5.56 Å². The monoisotopic (exact) mass is 369 g/mol. The zero-order valence-corrected chi connectivity index (χ0v) is 15.3. The van der Waals surface area contributed by atoms with Crippen molar-refractivity contribution in [3.8, 4) is 0 Å². The lowest BCUT2D eigenvalue weighted by Crippen LogP contribution is -2.42. The number of halogens is 1. The van der Waals surface area contributed by atoms with Gasteiger partial charge in [0.25, 0.3) is 5.91 Å². The highest BCUT2D eigenvalue weighted by molar-refractivity contribution is 6.10. The molecule has 1 saturated heterocycles. The lowest BCUT2D eigenvalue weighted by Gasteiger charge is -2.22. The third kappa shape index (κ3) is 3.40. The van der Waals surface area contributed by atoms with Gasteiger partial charge in [0, 0.05) is 11.3 Å². The molecular weight excluding hydrogens is 349 g/mol. The molecule has 1 atom stereocenters. The molecule has 1 aliphatic heterocycles. The van der Waals surface area contributed by atoms with Crippen LogP contribution in [0.1, 0.15) is 23.6 Å². The molecule has 3 rings (SSSR count). The number of amides is 4. The molecule has 0 radical (unpaired) electrons. The average molecular weight is 369 g/mol. The molecule has 0 aromatic heterocycles. The van der Waals surface area contributed by atoms with Crippen LogP contribution < -0.4 is 10.6 Å². The molecule has 0 saturated carbocycles. The van der Waals surface area contributed by atoms with Crippen LogP contribution >= 0.6 is 0 Å². The number of hydrogen-bond acceptors (Lipinski definition) is 3. The Morgan fingerprint density at radius 1 is 1.15 bits per heavy atom. The number of imide groups is 1. The van der Waals surface area contributed by atoms with Crippen LogP contribution in [0.3, 0.4) is 0 Å². The van der Waals surface area contributed by atoms with Crippen molar-refractivity contribution in [2.24, 2.45) is 0 Å². The van der Waals surface area contributed by atoms with Crippen LogP contribution in [0.25, 0.3) is 0 Å². The summed E-state index contributed by atoms with van der Waals surface area (Å²) in [5.41, 5.74) is 1.17. The second-order valence-corrected chi connectivity index (χ2v) is 6.77. The van der Waals surface area contributed by atoms with E-state index >= 15 is 0 Å². The Kier molecular flexibility index (Phi) is 4.70. The molecule has 2 aromatic carbocycles. The normalized spacial score (nSPS) is 19.2. The fourth-order valence-corrected chi connectivity index (χ4v) is 3.05. The van der Waals surface area contributed by atoms with E-state index in [1.807, 2.05) is 26.0 Å². The topological polar surface area (TPSA) is 78.5 Å². The third-order valence-electron chi connectivity index (χ3n) is 4.78. The Hall–Kier alpha value is -3.22. The summed E-state index contributed by atoms with van der Waals surface area (Å²) in [5, 5.41) is 5.16. The maximum Gasteiger partial charge on any atom is 0.325 e. The molecule has 4 amide bonds. The number of urea groups is 1. The second-order valence-electron chi connectivity index (χ2n) is 6.77. The number of benzene rings is 2. The second kappa shape index (κ2) is 6.83. The van der Waals surface area contributed by atoms with Crippen LogP contribution in [0.4, 0.5) is 14.9 Å². The van der Waals surface area contributed by atoms with Gasteiger partial charge in [-0.1, -0.05) is 24.3 Å². The first-order valence-electron chi connectivity index (χ1n) is 8.48. The highest BCUT2D eigenvalue weighted by atomic mass is 19.1. The SMILES string of the molecule is Cc1ccc(NC(=O)CN2C(=O)NC(C)(c3ccccc3F)C2=O)cc1C. The molecule has 2 aromatic rings. The van der Waals surface area contributed by atoms with Crippen LogP contribution in [-0.4, -0.2) is 29.3 Å². The lowest BCUT2D eigenvalue weighted by atomic mass is 9.91. The number of aryl methyl sites for hydroxylation is 2. The Balaban J connectivity index is 1.76. The van der Waals surface area contributed by atoms with Gasteiger partial charge in [0.15, 0.2) is 0 Å². The number of carbonyl (C=O) groups excluding carboxylic acids is 3. The van der Waals surface area contributed by atoms with Gasteiger partial charge in [0.1, 0.15) is 17.9 Å². The van der Waals surface area contributed by atoms with Gasteiger partial charge in [-0.2, -0.15) is 0 Å². The van der Waals surface area contributed by atoms with Gasteiger partial charge in [-0.3, -0.25) is 14.5 Å². The smallest absolute Gasteiger partial charge is 0.325 e. The van der Waals surface area contributed by atoms with Crippen molar-refractivity contribution in [3.63, 3.8) is 0 Å². The molecule has 1 unspecified atom stereocenters. The van der Waals surface area contributed by atoms with E-state index in [1.54, 1.807) is 12.1 Å². The first-order chi connectivity index (χ1) is 12.7. The van der Waals surface area contributed by atoms with Gasteiger partial charge in [-0.05, 0) is 50.1 Å². The molecule has 0 spiro atoms. The van der Waals surface area contributed by atoms with E-state index in [2.05, 4.69) is 10.6 Å². The fourth-order valence-electron chi connectivity index (χ4n) is 3.05. The summed E-state index contributed by atoms with van der Waals surface area (Å²) in [6.45, 7) is 4.84. The molecule has 1 heterocycles. The third-order valence-corrected chi connectivity index (χ3v) is 4.78. The molecule has 140 valence electrons. The number of nitrogens with zero attached hydrogens (tertiary/aromatic N) is 1. The zero-order valence-electron chi connectivity index (χ0n) is 15.3. The van der Waals surface area contributed by atoms with Crippen LogP contribution in [0.5, 0.6) is 0 Å². The minimum atomic E-state index is -1.55. The zero-order chi connectivity index (χ0) is 19.8.